The molecule has 1 aromatic heterocycles. The van der Waals surface area contributed by atoms with Crippen molar-refractivity contribution in [3.05, 3.63) is 22.4 Å². The summed E-state index contributed by atoms with van der Waals surface area (Å²) in [5, 5.41) is 4.80. The van der Waals surface area contributed by atoms with Crippen molar-refractivity contribution in [2.75, 3.05) is 26.3 Å². The summed E-state index contributed by atoms with van der Waals surface area (Å²) in [5.74, 6) is -0.681. The fourth-order valence-electron chi connectivity index (χ4n) is 2.59. The maximum atomic E-state index is 11.9. The molecule has 1 N–H and O–H groups in total. The molecule has 0 spiro atoms. The van der Waals surface area contributed by atoms with Gasteiger partial charge in [-0.2, -0.15) is 0 Å². The molecule has 7 nitrogen and oxygen atoms in total. The van der Waals surface area contributed by atoms with Crippen LogP contribution in [0.15, 0.2) is 17.5 Å². The quantitative estimate of drug-likeness (QED) is 0.744. The van der Waals surface area contributed by atoms with E-state index >= 15 is 0 Å². The van der Waals surface area contributed by atoms with Crippen LogP contribution in [0.25, 0.3) is 0 Å². The molecular weight excluding hydrogens is 344 g/mol. The van der Waals surface area contributed by atoms with Gasteiger partial charge in [-0.1, -0.05) is 6.07 Å². The lowest BCUT2D eigenvalue weighted by Crippen LogP contribution is -2.47. The second-order valence-electron chi connectivity index (χ2n) is 5.77. The van der Waals surface area contributed by atoms with E-state index in [-0.39, 0.29) is 37.0 Å². The molecular formula is C17H24N2O5S. The van der Waals surface area contributed by atoms with Gasteiger partial charge in [0.25, 0.3) is 5.91 Å². The monoisotopic (exact) mass is 368 g/mol. The number of piperidine rings is 1. The zero-order valence-corrected chi connectivity index (χ0v) is 15.2. The number of esters is 1. The lowest BCUT2D eigenvalue weighted by molar-refractivity contribution is -0.148. The van der Waals surface area contributed by atoms with E-state index < -0.39 is 0 Å². The fourth-order valence-corrected chi connectivity index (χ4v) is 3.30. The highest BCUT2D eigenvalue weighted by Gasteiger charge is 2.24. The van der Waals surface area contributed by atoms with Gasteiger partial charge in [0.15, 0.2) is 6.61 Å². The number of rotatable bonds is 7. The molecule has 2 heterocycles. The highest BCUT2D eigenvalue weighted by atomic mass is 32.1. The van der Waals surface area contributed by atoms with E-state index in [1.54, 1.807) is 23.2 Å². The molecule has 2 rings (SSSR count). The largest absolute Gasteiger partial charge is 0.456 e. The zero-order valence-electron chi connectivity index (χ0n) is 14.4. The summed E-state index contributed by atoms with van der Waals surface area (Å²) in [6.45, 7) is 2.95. The predicted octanol–water partition coefficient (Wildman–Crippen LogP) is 1.96. The lowest BCUT2D eigenvalue weighted by Gasteiger charge is -2.31. The first kappa shape index (κ1) is 19.2. The Morgan fingerprint density at radius 1 is 1.28 bits per heavy atom. The summed E-state index contributed by atoms with van der Waals surface area (Å²) in [7, 11) is 0. The maximum absolute atomic E-state index is 11.9. The summed E-state index contributed by atoms with van der Waals surface area (Å²) < 4.78 is 9.96. The Hall–Kier alpha value is -2.09. The third kappa shape index (κ3) is 6.74. The number of carbonyl (C=O) groups is 3. The van der Waals surface area contributed by atoms with Crippen molar-refractivity contribution in [2.24, 2.45) is 0 Å². The number of aryl methyl sites for hydroxylation is 1. The minimum Gasteiger partial charge on any atom is -0.456 e. The number of carbonyl (C=O) groups excluding carboxylic acids is 3. The van der Waals surface area contributed by atoms with Gasteiger partial charge in [0, 0.05) is 24.0 Å². The van der Waals surface area contributed by atoms with Crippen LogP contribution >= 0.6 is 11.3 Å². The summed E-state index contributed by atoms with van der Waals surface area (Å²) >= 11 is 1.59. The summed E-state index contributed by atoms with van der Waals surface area (Å²) in [4.78, 5) is 37.9. The van der Waals surface area contributed by atoms with E-state index in [1.807, 2.05) is 17.5 Å². The van der Waals surface area contributed by atoms with E-state index in [0.29, 0.717) is 39.0 Å². The molecule has 0 saturated carbocycles. The number of hydrogen-bond acceptors (Lipinski definition) is 6. The number of thiophene rings is 1. The van der Waals surface area contributed by atoms with Crippen LogP contribution in [0.4, 0.5) is 4.79 Å². The smallest absolute Gasteiger partial charge is 0.409 e. The van der Waals surface area contributed by atoms with E-state index in [2.05, 4.69) is 5.32 Å². The number of nitrogens with zero attached hydrogens (tertiary/aromatic N) is 1. The molecule has 0 bridgehead atoms. The van der Waals surface area contributed by atoms with E-state index in [0.717, 1.165) is 4.88 Å². The molecule has 8 heteroatoms. The van der Waals surface area contributed by atoms with Gasteiger partial charge in [-0.25, -0.2) is 4.79 Å². The first-order chi connectivity index (χ1) is 12.1. The predicted molar refractivity (Wildman–Crippen MR) is 93.4 cm³/mol. The van der Waals surface area contributed by atoms with Crippen LogP contribution < -0.4 is 5.32 Å². The van der Waals surface area contributed by atoms with Crippen LogP contribution in [0, 0.1) is 0 Å². The van der Waals surface area contributed by atoms with Crippen molar-refractivity contribution in [1.82, 2.24) is 10.2 Å². The third-order valence-electron chi connectivity index (χ3n) is 3.91. The SMILES string of the molecule is CCOC(=O)N1CCC(NC(=O)COC(=O)CCc2cccs2)CC1. The van der Waals surface area contributed by atoms with Gasteiger partial charge in [-0.3, -0.25) is 9.59 Å². The van der Waals surface area contributed by atoms with E-state index in [9.17, 15) is 14.4 Å². The van der Waals surface area contributed by atoms with Gasteiger partial charge < -0.3 is 19.7 Å². The molecule has 0 aromatic carbocycles. The summed E-state index contributed by atoms with van der Waals surface area (Å²) in [5.41, 5.74) is 0. The normalized spacial score (nSPS) is 14.8. The minimum atomic E-state index is -0.374. The van der Waals surface area contributed by atoms with Crippen LogP contribution in [0.1, 0.15) is 31.1 Å². The second kappa shape index (κ2) is 10.0. The average Bonchev–Trinajstić information content (AvgIpc) is 3.12. The molecule has 1 aliphatic heterocycles. The molecule has 1 fully saturated rings. The van der Waals surface area contributed by atoms with Crippen LogP contribution in [0.5, 0.6) is 0 Å². The molecule has 0 atom stereocenters. The topological polar surface area (TPSA) is 84.9 Å². The maximum Gasteiger partial charge on any atom is 0.409 e. The number of nitrogens with one attached hydrogen (secondary N) is 1. The molecule has 2 amide bonds. The highest BCUT2D eigenvalue weighted by molar-refractivity contribution is 7.09. The Balaban J connectivity index is 1.59. The number of likely N-dealkylation sites (tertiary alicyclic amines) is 1. The minimum absolute atomic E-state index is 0.0111. The molecule has 0 aliphatic carbocycles. The van der Waals surface area contributed by atoms with Gasteiger partial charge in [-0.15, -0.1) is 11.3 Å². The van der Waals surface area contributed by atoms with Crippen molar-refractivity contribution < 1.29 is 23.9 Å². The first-order valence-corrected chi connectivity index (χ1v) is 9.35. The lowest BCUT2D eigenvalue weighted by atomic mass is 10.1. The number of hydrogen-bond donors (Lipinski definition) is 1. The summed E-state index contributed by atoms with van der Waals surface area (Å²) in [6, 6.07) is 3.89. The van der Waals surface area contributed by atoms with Crippen LogP contribution in [0.3, 0.4) is 0 Å². The van der Waals surface area contributed by atoms with Crippen molar-refractivity contribution >= 4 is 29.3 Å². The third-order valence-corrected chi connectivity index (χ3v) is 4.84. The molecule has 25 heavy (non-hydrogen) atoms. The van der Waals surface area contributed by atoms with Crippen LogP contribution in [0.2, 0.25) is 0 Å². The number of ether oxygens (including phenoxy) is 2. The van der Waals surface area contributed by atoms with Crippen molar-refractivity contribution in [1.29, 1.82) is 0 Å². The van der Waals surface area contributed by atoms with Crippen molar-refractivity contribution in [3.63, 3.8) is 0 Å². The molecule has 1 aliphatic rings. The standard InChI is InChI=1S/C17H24N2O5S/c1-2-23-17(22)19-9-7-13(8-10-19)18-15(20)12-24-16(21)6-5-14-4-3-11-25-14/h3-4,11,13H,2,5-10,12H2,1H3,(H,18,20). The Morgan fingerprint density at radius 3 is 2.68 bits per heavy atom. The van der Waals surface area contributed by atoms with Crippen LogP contribution in [-0.4, -0.2) is 55.2 Å². The van der Waals surface area contributed by atoms with Gasteiger partial charge in [0.2, 0.25) is 0 Å². The average molecular weight is 368 g/mol. The molecule has 1 aromatic rings. The Labute approximate surface area is 151 Å². The van der Waals surface area contributed by atoms with E-state index in [4.69, 9.17) is 9.47 Å². The van der Waals surface area contributed by atoms with Crippen LogP contribution in [-0.2, 0) is 25.5 Å². The van der Waals surface area contributed by atoms with Crippen molar-refractivity contribution in [2.45, 2.75) is 38.6 Å². The van der Waals surface area contributed by atoms with E-state index in [1.165, 1.54) is 0 Å². The molecule has 1 saturated heterocycles. The molecule has 0 unspecified atom stereocenters. The van der Waals surface area contributed by atoms with Gasteiger partial charge in [-0.05, 0) is 37.6 Å². The highest BCUT2D eigenvalue weighted by Crippen LogP contribution is 2.12. The second-order valence-corrected chi connectivity index (χ2v) is 6.80. The van der Waals surface area contributed by atoms with Crippen molar-refractivity contribution in [3.8, 4) is 0 Å². The van der Waals surface area contributed by atoms with Gasteiger partial charge in [0.1, 0.15) is 0 Å². The number of amides is 2. The zero-order chi connectivity index (χ0) is 18.1. The molecule has 0 radical (unpaired) electrons. The Morgan fingerprint density at radius 2 is 2.04 bits per heavy atom. The van der Waals surface area contributed by atoms with Gasteiger partial charge >= 0.3 is 12.1 Å². The first-order valence-electron chi connectivity index (χ1n) is 8.47. The Bertz CT molecular complexity index is 568. The summed E-state index contributed by atoms with van der Waals surface area (Å²) in [6.07, 6.45) is 1.91. The fraction of sp³-hybridized carbons (Fsp3) is 0.588. The van der Waals surface area contributed by atoms with Gasteiger partial charge in [0.05, 0.1) is 13.0 Å². The Kier molecular flexibility index (Phi) is 7.72. The molecule has 138 valence electrons.